The van der Waals surface area contributed by atoms with Gasteiger partial charge in [0.25, 0.3) is 0 Å². The molecule has 3 N–H and O–H groups in total. The molecule has 2 aromatic rings. The number of carboxylic acids is 1. The van der Waals surface area contributed by atoms with Crippen molar-refractivity contribution >= 4 is 32.7 Å². The topological polar surface area (TPSA) is 76.2 Å². The molecule has 2 rings (SSSR count). The predicted octanol–water partition coefficient (Wildman–Crippen LogP) is 2.19. The summed E-state index contributed by atoms with van der Waals surface area (Å²) < 4.78 is 0.827. The molecule has 78 valence electrons. The highest BCUT2D eigenvalue weighted by atomic mass is 32.1. The van der Waals surface area contributed by atoms with Gasteiger partial charge >= 0.3 is 5.97 Å². The van der Waals surface area contributed by atoms with E-state index in [9.17, 15) is 4.79 Å². The minimum absolute atomic E-state index is 0.323. The van der Waals surface area contributed by atoms with Gasteiger partial charge in [0, 0.05) is 0 Å². The lowest BCUT2D eigenvalue weighted by Gasteiger charge is -2.04. The Kier molecular flexibility index (Phi) is 2.12. The fraction of sp³-hybridized carbons (Fsp3) is 0.200. The van der Waals surface area contributed by atoms with Gasteiger partial charge in [0.2, 0.25) is 0 Å². The van der Waals surface area contributed by atoms with Crippen LogP contribution in [-0.4, -0.2) is 16.1 Å². The summed E-state index contributed by atoms with van der Waals surface area (Å²) >= 11 is 1.31. The zero-order chi connectivity index (χ0) is 11.2. The van der Waals surface area contributed by atoms with Gasteiger partial charge in [-0.1, -0.05) is 11.3 Å². The van der Waals surface area contributed by atoms with Crippen LogP contribution >= 0.6 is 11.3 Å². The maximum Gasteiger partial charge on any atom is 0.336 e. The monoisotopic (exact) mass is 222 g/mol. The summed E-state index contributed by atoms with van der Waals surface area (Å²) in [6.45, 7) is 3.65. The number of carboxylic acid groups (broad SMARTS) is 1. The SMILES string of the molecule is Cc1c(C(=O)O)cc2sc(N)nc2c1C. The van der Waals surface area contributed by atoms with E-state index in [0.717, 1.165) is 21.3 Å². The number of fused-ring (bicyclic) bond motifs is 1. The van der Waals surface area contributed by atoms with Crippen LogP contribution in [-0.2, 0) is 0 Å². The summed E-state index contributed by atoms with van der Waals surface area (Å²) in [7, 11) is 0. The summed E-state index contributed by atoms with van der Waals surface area (Å²) in [5.74, 6) is -0.913. The maximum atomic E-state index is 11.0. The molecule has 15 heavy (non-hydrogen) atoms. The third-order valence-electron chi connectivity index (χ3n) is 2.50. The van der Waals surface area contributed by atoms with Gasteiger partial charge in [-0.15, -0.1) is 0 Å². The van der Waals surface area contributed by atoms with Crippen molar-refractivity contribution in [1.82, 2.24) is 4.98 Å². The van der Waals surface area contributed by atoms with Gasteiger partial charge in [-0.25, -0.2) is 9.78 Å². The molecule has 0 aliphatic carbocycles. The molecule has 0 aliphatic heterocycles. The van der Waals surface area contributed by atoms with Gasteiger partial charge in [0.1, 0.15) is 0 Å². The van der Waals surface area contributed by atoms with Crippen LogP contribution < -0.4 is 5.73 Å². The number of aryl methyl sites for hydroxylation is 1. The molecule has 0 radical (unpaired) electrons. The highest BCUT2D eigenvalue weighted by molar-refractivity contribution is 7.22. The predicted molar refractivity (Wildman–Crippen MR) is 60.5 cm³/mol. The van der Waals surface area contributed by atoms with Crippen LogP contribution in [0.15, 0.2) is 6.07 Å². The Morgan fingerprint density at radius 3 is 2.73 bits per heavy atom. The number of nitrogen functional groups attached to an aromatic ring is 1. The van der Waals surface area contributed by atoms with Gasteiger partial charge in [0.15, 0.2) is 5.13 Å². The molecule has 0 atom stereocenters. The standard InChI is InChI=1S/C10H10N2O2S/c1-4-5(2)8-7(15-10(11)12-8)3-6(4)9(13)14/h3H,1-2H3,(H2,11,12)(H,13,14). The van der Waals surface area contributed by atoms with Gasteiger partial charge in [-0.3, -0.25) is 0 Å². The molecule has 0 bridgehead atoms. The number of rotatable bonds is 1. The van der Waals surface area contributed by atoms with Crippen LogP contribution in [0.3, 0.4) is 0 Å². The van der Waals surface area contributed by atoms with Crippen molar-refractivity contribution in [2.75, 3.05) is 5.73 Å². The van der Waals surface area contributed by atoms with Crippen LogP contribution in [0, 0.1) is 13.8 Å². The Morgan fingerprint density at radius 2 is 2.13 bits per heavy atom. The number of benzene rings is 1. The first kappa shape index (κ1) is 9.92. The van der Waals surface area contributed by atoms with Crippen molar-refractivity contribution in [3.63, 3.8) is 0 Å². The number of aromatic nitrogens is 1. The lowest BCUT2D eigenvalue weighted by molar-refractivity contribution is 0.0696. The lowest BCUT2D eigenvalue weighted by atomic mass is 10.0. The minimum Gasteiger partial charge on any atom is -0.478 e. The van der Waals surface area contributed by atoms with Crippen LogP contribution in [0.1, 0.15) is 21.5 Å². The summed E-state index contributed by atoms with van der Waals surface area (Å²) in [5, 5.41) is 9.48. The largest absolute Gasteiger partial charge is 0.478 e. The Labute approximate surface area is 90.4 Å². The van der Waals surface area contributed by atoms with Gasteiger partial charge < -0.3 is 10.8 Å². The Balaban J connectivity index is 2.87. The van der Waals surface area contributed by atoms with Crippen LogP contribution in [0.4, 0.5) is 5.13 Å². The molecule has 0 unspecified atom stereocenters. The Morgan fingerprint density at radius 1 is 1.47 bits per heavy atom. The second-order valence-electron chi connectivity index (χ2n) is 3.38. The molecule has 0 spiro atoms. The lowest BCUT2D eigenvalue weighted by Crippen LogP contribution is -2.01. The molecule has 0 amide bonds. The quantitative estimate of drug-likeness (QED) is 0.775. The Hall–Kier alpha value is -1.62. The molecule has 0 aliphatic rings. The number of hydrogen-bond acceptors (Lipinski definition) is 4. The van der Waals surface area contributed by atoms with E-state index in [1.165, 1.54) is 11.3 Å². The average molecular weight is 222 g/mol. The average Bonchev–Trinajstić information content (AvgIpc) is 2.52. The molecule has 1 aromatic heterocycles. The first-order valence-corrected chi connectivity index (χ1v) is 5.22. The first-order valence-electron chi connectivity index (χ1n) is 4.40. The van der Waals surface area contributed by atoms with Crippen molar-refractivity contribution in [1.29, 1.82) is 0 Å². The molecule has 1 heterocycles. The van der Waals surface area contributed by atoms with Crippen molar-refractivity contribution in [2.24, 2.45) is 0 Å². The molecule has 0 saturated carbocycles. The smallest absolute Gasteiger partial charge is 0.336 e. The van der Waals surface area contributed by atoms with Crippen molar-refractivity contribution < 1.29 is 9.90 Å². The van der Waals surface area contributed by atoms with Crippen LogP contribution in [0.5, 0.6) is 0 Å². The summed E-state index contributed by atoms with van der Waals surface area (Å²) in [6.07, 6.45) is 0. The number of nitrogens with zero attached hydrogens (tertiary/aromatic N) is 1. The van der Waals surface area contributed by atoms with Gasteiger partial charge in [-0.2, -0.15) is 0 Å². The van der Waals surface area contributed by atoms with E-state index in [1.54, 1.807) is 13.0 Å². The number of aromatic carboxylic acids is 1. The van der Waals surface area contributed by atoms with E-state index in [0.29, 0.717) is 10.7 Å². The zero-order valence-electron chi connectivity index (χ0n) is 8.37. The normalized spacial score (nSPS) is 10.8. The third-order valence-corrected chi connectivity index (χ3v) is 3.33. The summed E-state index contributed by atoms with van der Waals surface area (Å²) in [5.41, 5.74) is 8.36. The highest BCUT2D eigenvalue weighted by Gasteiger charge is 2.14. The van der Waals surface area contributed by atoms with E-state index in [1.807, 2.05) is 6.92 Å². The van der Waals surface area contributed by atoms with Crippen molar-refractivity contribution in [2.45, 2.75) is 13.8 Å². The Bertz CT molecular complexity index is 560. The number of nitrogens with two attached hydrogens (primary N) is 1. The molecule has 4 nitrogen and oxygen atoms in total. The number of carbonyl (C=O) groups is 1. The summed E-state index contributed by atoms with van der Waals surface area (Å²) in [4.78, 5) is 15.2. The molecule has 1 aromatic carbocycles. The van der Waals surface area contributed by atoms with Gasteiger partial charge in [-0.05, 0) is 31.0 Å². The van der Waals surface area contributed by atoms with E-state index < -0.39 is 5.97 Å². The summed E-state index contributed by atoms with van der Waals surface area (Å²) in [6, 6.07) is 1.63. The number of thiazole rings is 1. The molecule has 5 heteroatoms. The third kappa shape index (κ3) is 1.45. The van der Waals surface area contributed by atoms with Crippen LogP contribution in [0.2, 0.25) is 0 Å². The second kappa shape index (κ2) is 3.20. The number of hydrogen-bond donors (Lipinski definition) is 2. The fourth-order valence-corrected chi connectivity index (χ4v) is 2.39. The molecular weight excluding hydrogens is 212 g/mol. The fourth-order valence-electron chi connectivity index (χ4n) is 1.56. The molecule has 0 fully saturated rings. The van der Waals surface area contributed by atoms with Crippen molar-refractivity contribution in [3.05, 3.63) is 22.8 Å². The first-order chi connectivity index (χ1) is 7.00. The van der Waals surface area contributed by atoms with Gasteiger partial charge in [0.05, 0.1) is 15.8 Å². The highest BCUT2D eigenvalue weighted by Crippen LogP contribution is 2.30. The van der Waals surface area contributed by atoms with Crippen molar-refractivity contribution in [3.8, 4) is 0 Å². The van der Waals surface area contributed by atoms with E-state index in [-0.39, 0.29) is 0 Å². The molecule has 0 saturated heterocycles. The second-order valence-corrected chi connectivity index (χ2v) is 4.44. The maximum absolute atomic E-state index is 11.0. The van der Waals surface area contributed by atoms with E-state index >= 15 is 0 Å². The number of anilines is 1. The molecular formula is C10H10N2O2S. The van der Waals surface area contributed by atoms with Crippen LogP contribution in [0.25, 0.3) is 10.2 Å². The van der Waals surface area contributed by atoms with E-state index in [4.69, 9.17) is 10.8 Å². The minimum atomic E-state index is -0.913. The van der Waals surface area contributed by atoms with E-state index in [2.05, 4.69) is 4.98 Å². The zero-order valence-corrected chi connectivity index (χ0v) is 9.18.